The molecule has 1 aromatic rings. The lowest BCUT2D eigenvalue weighted by atomic mass is 10.2. The minimum atomic E-state index is 0.292. The number of hydrogen-bond acceptors (Lipinski definition) is 3. The summed E-state index contributed by atoms with van der Waals surface area (Å²) in [5, 5.41) is 9.72. The molecule has 1 rings (SSSR count). The Hall–Kier alpha value is -1.88. The van der Waals surface area contributed by atoms with Crippen LogP contribution in [0.5, 0.6) is 0 Å². The molecular formula is C12H19N5. The van der Waals surface area contributed by atoms with E-state index in [0.29, 0.717) is 5.96 Å². The molecule has 0 heterocycles. The van der Waals surface area contributed by atoms with Crippen LogP contribution < -0.4 is 11.2 Å². The lowest BCUT2D eigenvalue weighted by Gasteiger charge is -2.18. The summed E-state index contributed by atoms with van der Waals surface area (Å²) in [7, 11) is 0. The molecule has 0 radical (unpaired) electrons. The van der Waals surface area contributed by atoms with Crippen LogP contribution in [0.2, 0.25) is 0 Å². The van der Waals surface area contributed by atoms with Gasteiger partial charge < -0.3 is 5.73 Å². The van der Waals surface area contributed by atoms with Gasteiger partial charge in [-0.3, -0.25) is 5.43 Å². The van der Waals surface area contributed by atoms with Crippen LogP contribution in [0.25, 0.3) is 0 Å². The average Bonchev–Trinajstić information content (AvgIpc) is 2.37. The number of nitrogens with zero attached hydrogens (tertiary/aromatic N) is 3. The van der Waals surface area contributed by atoms with Crippen molar-refractivity contribution in [1.29, 1.82) is 0 Å². The van der Waals surface area contributed by atoms with E-state index in [1.165, 1.54) is 0 Å². The molecule has 0 fully saturated rings. The van der Waals surface area contributed by atoms with Crippen LogP contribution in [0.3, 0.4) is 0 Å². The highest BCUT2D eigenvalue weighted by Crippen LogP contribution is 1.93. The number of benzene rings is 1. The van der Waals surface area contributed by atoms with Gasteiger partial charge in [0.1, 0.15) is 0 Å². The van der Waals surface area contributed by atoms with E-state index in [-0.39, 0.29) is 0 Å². The normalized spacial score (nSPS) is 12.3. The van der Waals surface area contributed by atoms with Gasteiger partial charge in [-0.1, -0.05) is 44.2 Å². The average molecular weight is 233 g/mol. The van der Waals surface area contributed by atoms with Crippen molar-refractivity contribution in [3.8, 4) is 0 Å². The van der Waals surface area contributed by atoms with Gasteiger partial charge >= 0.3 is 0 Å². The molecule has 5 nitrogen and oxygen atoms in total. The number of nitrogens with two attached hydrogens (primary N) is 1. The standard InChI is InChI=1S/C12H19N5/c1-3-17(4-2)16-12(13)15-14-10-11-8-6-5-7-9-11/h5-10H,3-4H2,1-2H3,(H3,13,15,16)/b14-10+. The fourth-order valence-corrected chi connectivity index (χ4v) is 1.26. The summed E-state index contributed by atoms with van der Waals surface area (Å²) in [6.45, 7) is 5.79. The number of guanidine groups is 1. The first-order chi connectivity index (χ1) is 8.26. The molecule has 17 heavy (non-hydrogen) atoms. The molecule has 3 N–H and O–H groups in total. The topological polar surface area (TPSA) is 66.0 Å². The van der Waals surface area contributed by atoms with E-state index in [4.69, 9.17) is 5.73 Å². The highest BCUT2D eigenvalue weighted by atomic mass is 15.5. The van der Waals surface area contributed by atoms with Crippen molar-refractivity contribution in [2.75, 3.05) is 13.1 Å². The molecule has 0 unspecified atom stereocenters. The van der Waals surface area contributed by atoms with E-state index in [1.54, 1.807) is 6.21 Å². The van der Waals surface area contributed by atoms with E-state index in [2.05, 4.69) is 15.6 Å². The minimum absolute atomic E-state index is 0.292. The number of rotatable bonds is 5. The van der Waals surface area contributed by atoms with Gasteiger partial charge in [0.2, 0.25) is 5.96 Å². The second-order valence-electron chi connectivity index (χ2n) is 3.42. The largest absolute Gasteiger partial charge is 0.367 e. The maximum Gasteiger partial charge on any atom is 0.228 e. The summed E-state index contributed by atoms with van der Waals surface area (Å²) in [5.74, 6) is 0.292. The second kappa shape index (κ2) is 7.40. The molecule has 0 bridgehead atoms. The first kappa shape index (κ1) is 13.2. The summed E-state index contributed by atoms with van der Waals surface area (Å²) in [6.07, 6.45) is 1.66. The fourth-order valence-electron chi connectivity index (χ4n) is 1.26. The monoisotopic (exact) mass is 233 g/mol. The highest BCUT2D eigenvalue weighted by molar-refractivity contribution is 5.81. The summed E-state index contributed by atoms with van der Waals surface area (Å²) >= 11 is 0. The molecule has 0 aliphatic heterocycles. The third kappa shape index (κ3) is 5.12. The van der Waals surface area contributed by atoms with Crippen molar-refractivity contribution in [3.05, 3.63) is 35.9 Å². The molecule has 0 aromatic heterocycles. The van der Waals surface area contributed by atoms with Gasteiger partial charge in [0.25, 0.3) is 0 Å². The second-order valence-corrected chi connectivity index (χ2v) is 3.42. The predicted molar refractivity (Wildman–Crippen MR) is 71.7 cm³/mol. The molecular weight excluding hydrogens is 214 g/mol. The van der Waals surface area contributed by atoms with E-state index < -0.39 is 0 Å². The van der Waals surface area contributed by atoms with E-state index in [1.807, 2.05) is 49.2 Å². The van der Waals surface area contributed by atoms with Crippen LogP contribution in [0.1, 0.15) is 19.4 Å². The predicted octanol–water partition coefficient (Wildman–Crippen LogP) is 1.18. The van der Waals surface area contributed by atoms with Gasteiger partial charge in [-0.2, -0.15) is 5.10 Å². The molecule has 0 aliphatic carbocycles. The third-order valence-corrected chi connectivity index (χ3v) is 2.21. The van der Waals surface area contributed by atoms with Gasteiger partial charge in [0.05, 0.1) is 6.21 Å². The smallest absolute Gasteiger partial charge is 0.228 e. The van der Waals surface area contributed by atoms with Crippen molar-refractivity contribution in [2.45, 2.75) is 13.8 Å². The molecule has 0 spiro atoms. The van der Waals surface area contributed by atoms with E-state index in [9.17, 15) is 0 Å². The van der Waals surface area contributed by atoms with Gasteiger partial charge in [-0.15, -0.1) is 5.10 Å². The zero-order valence-corrected chi connectivity index (χ0v) is 10.3. The Balaban J connectivity index is 2.50. The molecule has 5 heteroatoms. The molecule has 0 amide bonds. The zero-order chi connectivity index (χ0) is 12.5. The van der Waals surface area contributed by atoms with Crippen molar-refractivity contribution >= 4 is 12.2 Å². The Morgan fingerprint density at radius 2 is 1.94 bits per heavy atom. The van der Waals surface area contributed by atoms with Crippen LogP contribution in [0.4, 0.5) is 0 Å². The van der Waals surface area contributed by atoms with Gasteiger partial charge in [-0.05, 0) is 5.56 Å². The maximum atomic E-state index is 5.67. The summed E-state index contributed by atoms with van der Waals surface area (Å²) in [4.78, 5) is 0. The lowest BCUT2D eigenvalue weighted by Crippen LogP contribution is -2.45. The van der Waals surface area contributed by atoms with E-state index in [0.717, 1.165) is 18.7 Å². The number of nitrogens with one attached hydrogen (secondary N) is 1. The first-order valence-corrected chi connectivity index (χ1v) is 5.69. The van der Waals surface area contributed by atoms with Crippen LogP contribution in [0.15, 0.2) is 40.5 Å². The summed E-state index contributed by atoms with van der Waals surface area (Å²) in [6, 6.07) is 9.75. The number of hydrazine groups is 1. The van der Waals surface area contributed by atoms with Crippen molar-refractivity contribution in [2.24, 2.45) is 15.9 Å². The van der Waals surface area contributed by atoms with Crippen LogP contribution in [-0.4, -0.2) is 30.3 Å². The van der Waals surface area contributed by atoms with E-state index >= 15 is 0 Å². The van der Waals surface area contributed by atoms with Crippen molar-refractivity contribution < 1.29 is 0 Å². The van der Waals surface area contributed by atoms with Crippen LogP contribution >= 0.6 is 0 Å². The SMILES string of the molecule is CCN(CC)N/C(N)=N\N=C\c1ccccc1. The summed E-state index contributed by atoms with van der Waals surface area (Å²) < 4.78 is 0. The highest BCUT2D eigenvalue weighted by Gasteiger charge is 1.97. The third-order valence-electron chi connectivity index (χ3n) is 2.21. The van der Waals surface area contributed by atoms with Crippen LogP contribution in [-0.2, 0) is 0 Å². The Morgan fingerprint density at radius 1 is 1.29 bits per heavy atom. The molecule has 0 saturated heterocycles. The Morgan fingerprint density at radius 3 is 2.53 bits per heavy atom. The van der Waals surface area contributed by atoms with Gasteiger partial charge in [0.15, 0.2) is 0 Å². The van der Waals surface area contributed by atoms with Crippen molar-refractivity contribution in [3.63, 3.8) is 0 Å². The lowest BCUT2D eigenvalue weighted by molar-refractivity contribution is 0.261. The molecule has 0 aliphatic rings. The molecule has 92 valence electrons. The zero-order valence-electron chi connectivity index (χ0n) is 10.3. The first-order valence-electron chi connectivity index (χ1n) is 5.69. The maximum absolute atomic E-state index is 5.67. The minimum Gasteiger partial charge on any atom is -0.367 e. The number of hydrogen-bond donors (Lipinski definition) is 2. The Labute approximate surface area is 102 Å². The van der Waals surface area contributed by atoms with Crippen molar-refractivity contribution in [1.82, 2.24) is 10.4 Å². The van der Waals surface area contributed by atoms with Gasteiger partial charge in [-0.25, -0.2) is 5.01 Å². The quantitative estimate of drug-likeness (QED) is 0.456. The molecule has 0 saturated carbocycles. The Bertz CT molecular complexity index is 368. The fraction of sp³-hybridized carbons (Fsp3) is 0.333. The molecule has 0 atom stereocenters. The summed E-state index contributed by atoms with van der Waals surface area (Å²) in [5.41, 5.74) is 9.62. The Kier molecular flexibility index (Phi) is 5.74. The van der Waals surface area contributed by atoms with Crippen LogP contribution in [0, 0.1) is 0 Å². The molecule has 1 aromatic carbocycles. The van der Waals surface area contributed by atoms with Gasteiger partial charge in [0, 0.05) is 13.1 Å².